The Morgan fingerprint density at radius 2 is 2.12 bits per heavy atom. The summed E-state index contributed by atoms with van der Waals surface area (Å²) in [6.07, 6.45) is 2.93. The first-order valence-corrected chi connectivity index (χ1v) is 6.30. The lowest BCUT2D eigenvalue weighted by Gasteiger charge is -2.38. The Balaban J connectivity index is 2.76. The molecule has 0 aromatic rings. The van der Waals surface area contributed by atoms with E-state index in [9.17, 15) is 14.7 Å². The molecule has 0 aromatic heterocycles. The molecule has 0 saturated carbocycles. The Labute approximate surface area is 102 Å². The normalized spacial score (nSPS) is 26.6. The predicted molar refractivity (Wildman–Crippen MR) is 64.4 cm³/mol. The molecule has 1 saturated heterocycles. The van der Waals surface area contributed by atoms with E-state index in [1.807, 2.05) is 6.92 Å². The molecule has 0 spiro atoms. The number of hydrogen-bond acceptors (Lipinski definition) is 3. The van der Waals surface area contributed by atoms with Crippen molar-refractivity contribution in [2.24, 2.45) is 11.7 Å². The molecular weight excluding hydrogens is 220 g/mol. The fraction of sp³-hybridized carbons (Fsp3) is 0.833. The molecule has 0 bridgehead atoms. The first kappa shape index (κ1) is 14.0. The minimum Gasteiger partial charge on any atom is -0.480 e. The van der Waals surface area contributed by atoms with E-state index in [2.05, 4.69) is 6.92 Å². The van der Waals surface area contributed by atoms with Crippen molar-refractivity contribution < 1.29 is 14.7 Å². The summed E-state index contributed by atoms with van der Waals surface area (Å²) < 4.78 is 0. The first-order chi connectivity index (χ1) is 8.01. The largest absolute Gasteiger partial charge is 0.480 e. The molecule has 1 rings (SSSR count). The summed E-state index contributed by atoms with van der Waals surface area (Å²) in [5.41, 5.74) is 5.69. The van der Waals surface area contributed by atoms with E-state index < -0.39 is 18.1 Å². The van der Waals surface area contributed by atoms with Crippen LogP contribution in [0.1, 0.15) is 39.5 Å². The molecule has 3 N–H and O–H groups in total. The third-order valence-corrected chi connectivity index (χ3v) is 3.61. The standard InChI is InChI=1S/C12H22N2O3/c1-3-8-5-6-14(10(7-8)12(16)17)11(15)9(13)4-2/h8-10H,3-7,13H2,1-2H3,(H,16,17). The number of carboxylic acid groups (broad SMARTS) is 1. The second kappa shape index (κ2) is 6.00. The summed E-state index contributed by atoms with van der Waals surface area (Å²) in [6, 6.07) is -1.27. The number of carbonyl (C=O) groups excluding carboxylic acids is 1. The van der Waals surface area contributed by atoms with Crippen molar-refractivity contribution in [3.05, 3.63) is 0 Å². The Morgan fingerprint density at radius 3 is 2.59 bits per heavy atom. The molecule has 1 aliphatic heterocycles. The summed E-state index contributed by atoms with van der Waals surface area (Å²) in [4.78, 5) is 24.6. The average Bonchev–Trinajstić information content (AvgIpc) is 2.35. The number of aliphatic carboxylic acids is 1. The number of amides is 1. The lowest BCUT2D eigenvalue weighted by Crippen LogP contribution is -2.54. The van der Waals surface area contributed by atoms with Gasteiger partial charge in [0.2, 0.25) is 5.91 Å². The van der Waals surface area contributed by atoms with E-state index in [1.165, 1.54) is 4.90 Å². The van der Waals surface area contributed by atoms with Crippen molar-refractivity contribution in [3.63, 3.8) is 0 Å². The van der Waals surface area contributed by atoms with E-state index in [-0.39, 0.29) is 5.91 Å². The maximum Gasteiger partial charge on any atom is 0.326 e. The van der Waals surface area contributed by atoms with Crippen molar-refractivity contribution >= 4 is 11.9 Å². The van der Waals surface area contributed by atoms with Crippen molar-refractivity contribution in [2.75, 3.05) is 6.54 Å². The van der Waals surface area contributed by atoms with Crippen molar-refractivity contribution in [1.82, 2.24) is 4.90 Å². The van der Waals surface area contributed by atoms with Crippen molar-refractivity contribution in [2.45, 2.75) is 51.6 Å². The highest BCUT2D eigenvalue weighted by atomic mass is 16.4. The van der Waals surface area contributed by atoms with Crippen LogP contribution in [0.4, 0.5) is 0 Å². The molecular formula is C12H22N2O3. The maximum atomic E-state index is 12.0. The second-order valence-electron chi connectivity index (χ2n) is 4.70. The van der Waals surface area contributed by atoms with Crippen molar-refractivity contribution in [3.8, 4) is 0 Å². The van der Waals surface area contributed by atoms with Gasteiger partial charge >= 0.3 is 5.97 Å². The van der Waals surface area contributed by atoms with Gasteiger partial charge in [0.25, 0.3) is 0 Å². The Bertz CT molecular complexity index is 293. The van der Waals surface area contributed by atoms with Crippen LogP contribution in [0.25, 0.3) is 0 Å². The van der Waals surface area contributed by atoms with Gasteiger partial charge in [0.15, 0.2) is 0 Å². The van der Waals surface area contributed by atoms with Gasteiger partial charge in [0, 0.05) is 6.54 Å². The molecule has 1 heterocycles. The Hall–Kier alpha value is -1.10. The number of rotatable bonds is 4. The van der Waals surface area contributed by atoms with Crippen LogP contribution < -0.4 is 5.73 Å². The number of nitrogens with two attached hydrogens (primary N) is 1. The summed E-state index contributed by atoms with van der Waals surface area (Å²) >= 11 is 0. The SMILES string of the molecule is CCC1CCN(C(=O)C(N)CC)C(C(=O)O)C1. The lowest BCUT2D eigenvalue weighted by atomic mass is 9.88. The molecule has 3 atom stereocenters. The van der Waals surface area contributed by atoms with Gasteiger partial charge in [-0.1, -0.05) is 20.3 Å². The van der Waals surface area contributed by atoms with Crippen LogP contribution in [0.3, 0.4) is 0 Å². The minimum absolute atomic E-state index is 0.227. The van der Waals surface area contributed by atoms with Gasteiger partial charge in [-0.2, -0.15) is 0 Å². The van der Waals surface area contributed by atoms with Crippen LogP contribution in [0.15, 0.2) is 0 Å². The fourth-order valence-electron chi connectivity index (χ4n) is 2.29. The number of piperidine rings is 1. The van der Waals surface area contributed by atoms with E-state index >= 15 is 0 Å². The molecule has 5 nitrogen and oxygen atoms in total. The van der Waals surface area contributed by atoms with Crippen LogP contribution in [-0.2, 0) is 9.59 Å². The molecule has 1 aliphatic rings. The van der Waals surface area contributed by atoms with Gasteiger partial charge in [-0.3, -0.25) is 4.79 Å². The Morgan fingerprint density at radius 1 is 1.47 bits per heavy atom. The van der Waals surface area contributed by atoms with Gasteiger partial charge in [-0.05, 0) is 25.2 Å². The quantitative estimate of drug-likeness (QED) is 0.764. The predicted octanol–water partition coefficient (Wildman–Crippen LogP) is 0.825. The van der Waals surface area contributed by atoms with Gasteiger partial charge < -0.3 is 15.7 Å². The molecule has 3 unspecified atom stereocenters. The number of carbonyl (C=O) groups is 2. The van der Waals surface area contributed by atoms with Gasteiger partial charge in [-0.25, -0.2) is 4.79 Å². The zero-order valence-corrected chi connectivity index (χ0v) is 10.6. The number of nitrogens with zero attached hydrogens (tertiary/aromatic N) is 1. The fourth-order valence-corrected chi connectivity index (χ4v) is 2.29. The van der Waals surface area contributed by atoms with Gasteiger partial charge in [-0.15, -0.1) is 0 Å². The van der Waals surface area contributed by atoms with Crippen LogP contribution in [0.2, 0.25) is 0 Å². The summed E-state index contributed by atoms with van der Waals surface area (Å²) in [7, 11) is 0. The van der Waals surface area contributed by atoms with Crippen LogP contribution in [0.5, 0.6) is 0 Å². The van der Waals surface area contributed by atoms with E-state index in [0.29, 0.717) is 25.3 Å². The van der Waals surface area contributed by atoms with E-state index in [4.69, 9.17) is 5.73 Å². The third-order valence-electron chi connectivity index (χ3n) is 3.61. The molecule has 98 valence electrons. The smallest absolute Gasteiger partial charge is 0.326 e. The van der Waals surface area contributed by atoms with E-state index in [1.54, 1.807) is 0 Å². The summed E-state index contributed by atoms with van der Waals surface area (Å²) in [5.74, 6) is -0.743. The van der Waals surface area contributed by atoms with Crippen LogP contribution >= 0.6 is 0 Å². The zero-order chi connectivity index (χ0) is 13.0. The van der Waals surface area contributed by atoms with Crippen LogP contribution in [-0.4, -0.2) is 40.5 Å². The number of carboxylic acids is 1. The van der Waals surface area contributed by atoms with E-state index in [0.717, 1.165) is 12.8 Å². The molecule has 17 heavy (non-hydrogen) atoms. The highest BCUT2D eigenvalue weighted by molar-refractivity contribution is 5.87. The second-order valence-corrected chi connectivity index (χ2v) is 4.70. The molecule has 0 aliphatic carbocycles. The minimum atomic E-state index is -0.917. The third kappa shape index (κ3) is 3.19. The molecule has 5 heteroatoms. The molecule has 0 aromatic carbocycles. The van der Waals surface area contributed by atoms with Gasteiger partial charge in [0.1, 0.15) is 6.04 Å². The van der Waals surface area contributed by atoms with Gasteiger partial charge in [0.05, 0.1) is 6.04 Å². The lowest BCUT2D eigenvalue weighted by molar-refractivity contribution is -0.153. The Kier molecular flexibility index (Phi) is 4.93. The number of hydrogen-bond donors (Lipinski definition) is 2. The zero-order valence-electron chi connectivity index (χ0n) is 10.6. The highest BCUT2D eigenvalue weighted by Gasteiger charge is 2.36. The van der Waals surface area contributed by atoms with Crippen molar-refractivity contribution in [1.29, 1.82) is 0 Å². The topological polar surface area (TPSA) is 83.6 Å². The highest BCUT2D eigenvalue weighted by Crippen LogP contribution is 2.26. The molecule has 0 radical (unpaired) electrons. The summed E-state index contributed by atoms with van der Waals surface area (Å²) in [5, 5.41) is 9.19. The molecule has 1 amide bonds. The monoisotopic (exact) mass is 242 g/mol. The maximum absolute atomic E-state index is 12.0. The number of likely N-dealkylation sites (tertiary alicyclic amines) is 1. The molecule has 1 fully saturated rings. The summed E-state index contributed by atoms with van der Waals surface area (Å²) in [6.45, 7) is 4.40. The first-order valence-electron chi connectivity index (χ1n) is 6.30. The van der Waals surface area contributed by atoms with Crippen LogP contribution in [0, 0.1) is 5.92 Å². The average molecular weight is 242 g/mol.